The Hall–Kier alpha value is -2.66. The smallest absolute Gasteiger partial charge is 0.241 e. The Labute approximate surface area is 135 Å². The number of para-hydroxylation sites is 1. The first-order valence-electron chi connectivity index (χ1n) is 7.44. The van der Waals surface area contributed by atoms with Crippen LogP contribution in [0, 0.1) is 0 Å². The van der Waals surface area contributed by atoms with Crippen LogP contribution in [-0.4, -0.2) is 29.2 Å². The van der Waals surface area contributed by atoms with Crippen molar-refractivity contribution in [1.82, 2.24) is 15.0 Å². The van der Waals surface area contributed by atoms with Gasteiger partial charge in [-0.3, -0.25) is 4.90 Å². The standard InChI is InChI=1S/C18H19N3O2/c1-21(12-14-8-4-3-5-9-14)13-17-19-18(20-23-17)15-10-6-7-11-16(15)22-2/h3-11H,12-13H2,1-2H3. The van der Waals surface area contributed by atoms with E-state index >= 15 is 0 Å². The van der Waals surface area contributed by atoms with Crippen molar-refractivity contribution in [1.29, 1.82) is 0 Å². The average molecular weight is 309 g/mol. The van der Waals surface area contributed by atoms with Gasteiger partial charge in [0.05, 0.1) is 19.2 Å². The molecule has 3 rings (SSSR count). The van der Waals surface area contributed by atoms with E-state index in [1.165, 1.54) is 5.56 Å². The molecule has 5 nitrogen and oxygen atoms in total. The number of benzene rings is 2. The minimum absolute atomic E-state index is 0.547. The lowest BCUT2D eigenvalue weighted by Gasteiger charge is -2.13. The normalized spacial score (nSPS) is 10.9. The second-order valence-electron chi connectivity index (χ2n) is 5.37. The molecule has 0 aliphatic carbocycles. The molecule has 0 unspecified atom stereocenters. The first-order valence-corrected chi connectivity index (χ1v) is 7.44. The summed E-state index contributed by atoms with van der Waals surface area (Å²) < 4.78 is 10.7. The molecule has 0 saturated heterocycles. The Kier molecular flexibility index (Phi) is 4.68. The number of hydrogen-bond acceptors (Lipinski definition) is 5. The van der Waals surface area contributed by atoms with Gasteiger partial charge in [0.15, 0.2) is 0 Å². The summed E-state index contributed by atoms with van der Waals surface area (Å²) in [6.07, 6.45) is 0. The monoisotopic (exact) mass is 309 g/mol. The van der Waals surface area contributed by atoms with Gasteiger partial charge in [0.25, 0.3) is 0 Å². The zero-order valence-corrected chi connectivity index (χ0v) is 13.3. The highest BCUT2D eigenvalue weighted by Gasteiger charge is 2.14. The third-order valence-corrected chi connectivity index (χ3v) is 3.52. The largest absolute Gasteiger partial charge is 0.496 e. The van der Waals surface area contributed by atoms with Crippen LogP contribution in [-0.2, 0) is 13.1 Å². The molecule has 118 valence electrons. The molecule has 5 heteroatoms. The van der Waals surface area contributed by atoms with E-state index in [0.717, 1.165) is 17.9 Å². The summed E-state index contributed by atoms with van der Waals surface area (Å²) in [5.74, 6) is 1.87. The molecule has 0 amide bonds. The second kappa shape index (κ2) is 7.07. The molecule has 23 heavy (non-hydrogen) atoms. The molecular weight excluding hydrogens is 290 g/mol. The fraction of sp³-hybridized carbons (Fsp3) is 0.222. The number of nitrogens with zero attached hydrogens (tertiary/aromatic N) is 3. The number of rotatable bonds is 6. The Morgan fingerprint density at radius 3 is 2.52 bits per heavy atom. The molecule has 0 aliphatic rings. The van der Waals surface area contributed by atoms with Crippen LogP contribution < -0.4 is 4.74 Å². The summed E-state index contributed by atoms with van der Waals surface area (Å²) in [4.78, 5) is 6.61. The minimum Gasteiger partial charge on any atom is -0.496 e. The van der Waals surface area contributed by atoms with Gasteiger partial charge in [-0.2, -0.15) is 4.98 Å². The van der Waals surface area contributed by atoms with Gasteiger partial charge in [0.2, 0.25) is 11.7 Å². The van der Waals surface area contributed by atoms with E-state index in [9.17, 15) is 0 Å². The molecule has 0 saturated carbocycles. The zero-order chi connectivity index (χ0) is 16.1. The minimum atomic E-state index is 0.547. The highest BCUT2D eigenvalue weighted by molar-refractivity contribution is 5.63. The van der Waals surface area contributed by atoms with Crippen LogP contribution in [0.15, 0.2) is 59.1 Å². The van der Waals surface area contributed by atoms with Crippen molar-refractivity contribution in [2.45, 2.75) is 13.1 Å². The lowest BCUT2D eigenvalue weighted by atomic mass is 10.2. The van der Waals surface area contributed by atoms with Crippen molar-refractivity contribution in [3.8, 4) is 17.1 Å². The lowest BCUT2D eigenvalue weighted by Crippen LogP contribution is -2.17. The van der Waals surface area contributed by atoms with Crippen LogP contribution in [0.2, 0.25) is 0 Å². The molecule has 3 aromatic rings. The topological polar surface area (TPSA) is 51.4 Å². The van der Waals surface area contributed by atoms with Crippen molar-refractivity contribution in [2.24, 2.45) is 0 Å². The summed E-state index contributed by atoms with van der Waals surface area (Å²) in [5.41, 5.74) is 2.08. The quantitative estimate of drug-likeness (QED) is 0.698. The Bertz CT molecular complexity index is 756. The van der Waals surface area contributed by atoms with E-state index in [1.54, 1.807) is 7.11 Å². The summed E-state index contributed by atoms with van der Waals surface area (Å²) >= 11 is 0. The van der Waals surface area contributed by atoms with Crippen molar-refractivity contribution in [3.63, 3.8) is 0 Å². The van der Waals surface area contributed by atoms with Gasteiger partial charge in [-0.05, 0) is 24.7 Å². The fourth-order valence-corrected chi connectivity index (χ4v) is 2.44. The van der Waals surface area contributed by atoms with Crippen LogP contribution >= 0.6 is 0 Å². The van der Waals surface area contributed by atoms with Gasteiger partial charge in [-0.15, -0.1) is 0 Å². The predicted molar refractivity (Wildman–Crippen MR) is 87.9 cm³/mol. The molecule has 0 aliphatic heterocycles. The van der Waals surface area contributed by atoms with Crippen molar-refractivity contribution < 1.29 is 9.26 Å². The molecule has 1 aromatic heterocycles. The van der Waals surface area contributed by atoms with Gasteiger partial charge in [0.1, 0.15) is 5.75 Å². The first-order chi connectivity index (χ1) is 11.3. The maximum atomic E-state index is 5.37. The molecule has 0 radical (unpaired) electrons. The average Bonchev–Trinajstić information content (AvgIpc) is 3.03. The van der Waals surface area contributed by atoms with Gasteiger partial charge in [0, 0.05) is 6.54 Å². The number of ether oxygens (including phenoxy) is 1. The van der Waals surface area contributed by atoms with Crippen molar-refractivity contribution >= 4 is 0 Å². The van der Waals surface area contributed by atoms with Crippen LogP contribution in [0.1, 0.15) is 11.5 Å². The summed E-state index contributed by atoms with van der Waals surface area (Å²) in [7, 11) is 3.66. The molecular formula is C18H19N3O2. The molecule has 1 heterocycles. The van der Waals surface area contributed by atoms with E-state index < -0.39 is 0 Å². The summed E-state index contributed by atoms with van der Waals surface area (Å²) in [6, 6.07) is 17.9. The lowest BCUT2D eigenvalue weighted by molar-refractivity contribution is 0.261. The van der Waals surface area contributed by atoms with Gasteiger partial charge in [-0.25, -0.2) is 0 Å². The van der Waals surface area contributed by atoms with Crippen LogP contribution in [0.4, 0.5) is 0 Å². The third-order valence-electron chi connectivity index (χ3n) is 3.52. The maximum absolute atomic E-state index is 5.37. The first kappa shape index (κ1) is 15.2. The molecule has 0 atom stereocenters. The predicted octanol–water partition coefficient (Wildman–Crippen LogP) is 3.38. The SMILES string of the molecule is COc1ccccc1-c1noc(CN(C)Cc2ccccc2)n1. The number of hydrogen-bond donors (Lipinski definition) is 0. The molecule has 2 aromatic carbocycles. The Morgan fingerprint density at radius 1 is 1.00 bits per heavy atom. The molecule has 0 N–H and O–H groups in total. The number of aromatic nitrogens is 2. The highest BCUT2D eigenvalue weighted by Crippen LogP contribution is 2.27. The second-order valence-corrected chi connectivity index (χ2v) is 5.37. The van der Waals surface area contributed by atoms with Gasteiger partial charge >= 0.3 is 0 Å². The molecule has 0 spiro atoms. The van der Waals surface area contributed by atoms with Gasteiger partial charge in [-0.1, -0.05) is 47.6 Å². The number of methoxy groups -OCH3 is 1. The highest BCUT2D eigenvalue weighted by atomic mass is 16.5. The fourth-order valence-electron chi connectivity index (χ4n) is 2.44. The van der Waals surface area contributed by atoms with E-state index in [0.29, 0.717) is 18.3 Å². The summed E-state index contributed by atoms with van der Waals surface area (Å²) in [6.45, 7) is 1.42. The molecule has 0 bridgehead atoms. The van der Waals surface area contributed by atoms with Crippen LogP contribution in [0.5, 0.6) is 5.75 Å². The van der Waals surface area contributed by atoms with E-state index in [1.807, 2.05) is 49.5 Å². The Morgan fingerprint density at radius 2 is 1.74 bits per heavy atom. The van der Waals surface area contributed by atoms with Crippen LogP contribution in [0.3, 0.4) is 0 Å². The van der Waals surface area contributed by atoms with Gasteiger partial charge < -0.3 is 9.26 Å². The van der Waals surface area contributed by atoms with E-state index in [2.05, 4.69) is 27.2 Å². The van der Waals surface area contributed by atoms with E-state index in [4.69, 9.17) is 9.26 Å². The van der Waals surface area contributed by atoms with Crippen molar-refractivity contribution in [3.05, 3.63) is 66.1 Å². The molecule has 0 fully saturated rings. The van der Waals surface area contributed by atoms with Crippen molar-refractivity contribution in [2.75, 3.05) is 14.2 Å². The summed E-state index contributed by atoms with van der Waals surface area (Å²) in [5, 5.41) is 4.06. The van der Waals surface area contributed by atoms with Crippen LogP contribution in [0.25, 0.3) is 11.4 Å². The Balaban J connectivity index is 1.70. The zero-order valence-electron chi connectivity index (χ0n) is 13.3. The third kappa shape index (κ3) is 3.76. The maximum Gasteiger partial charge on any atom is 0.241 e. The van der Waals surface area contributed by atoms with E-state index in [-0.39, 0.29) is 0 Å².